The molecule has 116 valence electrons. The van der Waals surface area contributed by atoms with E-state index in [1.54, 1.807) is 0 Å². The summed E-state index contributed by atoms with van der Waals surface area (Å²) in [4.78, 5) is 13.6. The van der Waals surface area contributed by atoms with Gasteiger partial charge in [-0.05, 0) is 44.9 Å². The second kappa shape index (κ2) is 8.44. The maximum atomic E-state index is 12.4. The van der Waals surface area contributed by atoms with Gasteiger partial charge in [0.2, 0.25) is 5.91 Å². The second-order valence-corrected chi connectivity index (χ2v) is 6.91. The molecule has 0 radical (unpaired) electrons. The van der Waals surface area contributed by atoms with Gasteiger partial charge in [-0.1, -0.05) is 25.1 Å². The molecule has 0 saturated carbocycles. The van der Waals surface area contributed by atoms with Gasteiger partial charge in [0.05, 0.1) is 0 Å². The maximum absolute atomic E-state index is 12.4. The first kappa shape index (κ1) is 16.4. The molecular formula is C17H26N2OS. The Kier molecular flexibility index (Phi) is 6.58. The number of carbonyl (C=O) groups excluding carboxylic acids is 1. The topological polar surface area (TPSA) is 41.1 Å². The van der Waals surface area contributed by atoms with Gasteiger partial charge in [-0.25, -0.2) is 0 Å². The number of rotatable bonds is 6. The smallest absolute Gasteiger partial charge is 0.223 e. The first-order chi connectivity index (χ1) is 10.2. The minimum Gasteiger partial charge on any atom is -0.352 e. The summed E-state index contributed by atoms with van der Waals surface area (Å²) in [6.07, 6.45) is 2.89. The third-order valence-corrected chi connectivity index (χ3v) is 5.20. The van der Waals surface area contributed by atoms with Crippen LogP contribution in [0.15, 0.2) is 35.2 Å². The van der Waals surface area contributed by atoms with E-state index in [1.165, 1.54) is 4.90 Å². The summed E-state index contributed by atoms with van der Waals surface area (Å²) in [6.45, 7) is 5.25. The van der Waals surface area contributed by atoms with Gasteiger partial charge in [-0.2, -0.15) is 0 Å². The van der Waals surface area contributed by atoms with Crippen LogP contribution in [0.4, 0.5) is 0 Å². The van der Waals surface area contributed by atoms with E-state index in [9.17, 15) is 4.79 Å². The Morgan fingerprint density at radius 2 is 2.19 bits per heavy atom. The monoisotopic (exact) mass is 306 g/mol. The molecule has 3 nitrogen and oxygen atoms in total. The van der Waals surface area contributed by atoms with Crippen molar-refractivity contribution in [2.45, 2.75) is 50.1 Å². The van der Waals surface area contributed by atoms with Crippen molar-refractivity contribution in [3.8, 4) is 0 Å². The molecule has 0 bridgehead atoms. The van der Waals surface area contributed by atoms with Crippen LogP contribution in [0.5, 0.6) is 0 Å². The van der Waals surface area contributed by atoms with E-state index in [4.69, 9.17) is 0 Å². The summed E-state index contributed by atoms with van der Waals surface area (Å²) >= 11 is 1.82. The summed E-state index contributed by atoms with van der Waals surface area (Å²) < 4.78 is 0. The number of hydrogen-bond acceptors (Lipinski definition) is 3. The predicted octanol–water partition coefficient (Wildman–Crippen LogP) is 3.06. The van der Waals surface area contributed by atoms with Crippen molar-refractivity contribution in [1.29, 1.82) is 0 Å². The lowest BCUT2D eigenvalue weighted by molar-refractivity contribution is -0.126. The molecule has 1 heterocycles. The average molecular weight is 306 g/mol. The van der Waals surface area contributed by atoms with Crippen LogP contribution in [0.25, 0.3) is 0 Å². The fraction of sp³-hybridized carbons (Fsp3) is 0.588. The standard InChI is InChI=1S/C17H26N2OS/c1-3-15(12-21-16-7-5-4-6-8-16)19-17(20)14-9-10-18-13(2)11-14/h4-8,13-15,18H,3,9-12H2,1-2H3,(H,19,20)/t13-,14-,15?/m0/s1. The van der Waals surface area contributed by atoms with E-state index in [0.717, 1.165) is 31.6 Å². The summed E-state index contributed by atoms with van der Waals surface area (Å²) in [5, 5.41) is 6.64. The van der Waals surface area contributed by atoms with Crippen LogP contribution in [-0.2, 0) is 4.79 Å². The molecule has 0 aliphatic carbocycles. The molecule has 1 fully saturated rings. The molecule has 1 aliphatic rings. The first-order valence-electron chi connectivity index (χ1n) is 7.90. The number of hydrogen-bond donors (Lipinski definition) is 2. The Morgan fingerprint density at radius 1 is 1.43 bits per heavy atom. The zero-order valence-electron chi connectivity index (χ0n) is 13.0. The molecule has 4 heteroatoms. The molecule has 2 N–H and O–H groups in total. The lowest BCUT2D eigenvalue weighted by atomic mass is 9.92. The van der Waals surface area contributed by atoms with E-state index in [1.807, 2.05) is 17.8 Å². The van der Waals surface area contributed by atoms with Crippen LogP contribution < -0.4 is 10.6 Å². The average Bonchev–Trinajstić information content (AvgIpc) is 2.52. The molecule has 1 unspecified atom stereocenters. The normalized spacial score (nSPS) is 23.5. The van der Waals surface area contributed by atoms with E-state index in [-0.39, 0.29) is 17.9 Å². The van der Waals surface area contributed by atoms with Crippen LogP contribution in [-0.4, -0.2) is 30.3 Å². The molecule has 1 aromatic rings. The quantitative estimate of drug-likeness (QED) is 0.794. The molecular weight excluding hydrogens is 280 g/mol. The van der Waals surface area contributed by atoms with E-state index in [0.29, 0.717) is 6.04 Å². The van der Waals surface area contributed by atoms with Crippen LogP contribution in [0, 0.1) is 5.92 Å². The van der Waals surface area contributed by atoms with Crippen LogP contribution in [0.2, 0.25) is 0 Å². The van der Waals surface area contributed by atoms with Gasteiger partial charge in [-0.3, -0.25) is 4.79 Å². The fourth-order valence-corrected chi connectivity index (χ4v) is 3.73. The number of benzene rings is 1. The number of piperidine rings is 1. The van der Waals surface area contributed by atoms with Gasteiger partial charge in [0, 0.05) is 28.6 Å². The van der Waals surface area contributed by atoms with Crippen LogP contribution in [0.1, 0.15) is 33.1 Å². The Labute approximate surface area is 132 Å². The number of carbonyl (C=O) groups is 1. The van der Waals surface area contributed by atoms with Crippen molar-refractivity contribution in [3.63, 3.8) is 0 Å². The second-order valence-electron chi connectivity index (χ2n) is 5.81. The largest absolute Gasteiger partial charge is 0.352 e. The summed E-state index contributed by atoms with van der Waals surface area (Å²) in [7, 11) is 0. The molecule has 0 aromatic heterocycles. The van der Waals surface area contributed by atoms with Crippen molar-refractivity contribution in [2.24, 2.45) is 5.92 Å². The summed E-state index contributed by atoms with van der Waals surface area (Å²) in [6, 6.07) is 11.1. The molecule has 1 aromatic carbocycles. The SMILES string of the molecule is CCC(CSc1ccccc1)NC(=O)[C@H]1CCN[C@@H](C)C1. The maximum Gasteiger partial charge on any atom is 0.223 e. The van der Waals surface area contributed by atoms with Gasteiger partial charge >= 0.3 is 0 Å². The molecule has 1 aliphatic heterocycles. The highest BCUT2D eigenvalue weighted by atomic mass is 32.2. The minimum atomic E-state index is 0.178. The summed E-state index contributed by atoms with van der Waals surface area (Å²) in [5.74, 6) is 1.35. The van der Waals surface area contributed by atoms with E-state index < -0.39 is 0 Å². The summed E-state index contributed by atoms with van der Waals surface area (Å²) in [5.41, 5.74) is 0. The zero-order valence-corrected chi connectivity index (χ0v) is 13.8. The molecule has 21 heavy (non-hydrogen) atoms. The molecule has 2 rings (SSSR count). The van der Waals surface area contributed by atoms with Crippen LogP contribution >= 0.6 is 11.8 Å². The Morgan fingerprint density at radius 3 is 2.86 bits per heavy atom. The molecule has 1 saturated heterocycles. The van der Waals surface area contributed by atoms with Crippen molar-refractivity contribution in [3.05, 3.63) is 30.3 Å². The fourth-order valence-electron chi connectivity index (χ4n) is 2.66. The lowest BCUT2D eigenvalue weighted by Gasteiger charge is -2.28. The van der Waals surface area contributed by atoms with Gasteiger partial charge < -0.3 is 10.6 Å². The third kappa shape index (κ3) is 5.36. The zero-order chi connectivity index (χ0) is 15.1. The highest BCUT2D eigenvalue weighted by molar-refractivity contribution is 7.99. The van der Waals surface area contributed by atoms with Crippen molar-refractivity contribution in [1.82, 2.24) is 10.6 Å². The lowest BCUT2D eigenvalue weighted by Crippen LogP contribution is -2.45. The predicted molar refractivity (Wildman–Crippen MR) is 89.6 cm³/mol. The van der Waals surface area contributed by atoms with Crippen molar-refractivity contribution in [2.75, 3.05) is 12.3 Å². The van der Waals surface area contributed by atoms with Gasteiger partial charge in [-0.15, -0.1) is 11.8 Å². The third-order valence-electron chi connectivity index (χ3n) is 4.03. The highest BCUT2D eigenvalue weighted by Gasteiger charge is 2.25. The Bertz CT molecular complexity index is 438. The van der Waals surface area contributed by atoms with E-state index in [2.05, 4.69) is 48.7 Å². The van der Waals surface area contributed by atoms with E-state index >= 15 is 0 Å². The first-order valence-corrected chi connectivity index (χ1v) is 8.89. The Hall–Kier alpha value is -1.00. The van der Waals surface area contributed by atoms with Crippen LogP contribution in [0.3, 0.4) is 0 Å². The van der Waals surface area contributed by atoms with Crippen molar-refractivity contribution >= 4 is 17.7 Å². The highest BCUT2D eigenvalue weighted by Crippen LogP contribution is 2.20. The number of thioether (sulfide) groups is 1. The van der Waals surface area contributed by atoms with Gasteiger partial charge in [0.15, 0.2) is 0 Å². The molecule has 1 amide bonds. The van der Waals surface area contributed by atoms with Gasteiger partial charge in [0.25, 0.3) is 0 Å². The number of amides is 1. The Balaban J connectivity index is 1.79. The number of nitrogens with one attached hydrogen (secondary N) is 2. The molecule has 0 spiro atoms. The molecule has 3 atom stereocenters. The minimum absolute atomic E-state index is 0.178. The van der Waals surface area contributed by atoms with Gasteiger partial charge in [0.1, 0.15) is 0 Å². The van der Waals surface area contributed by atoms with Crippen molar-refractivity contribution < 1.29 is 4.79 Å².